The van der Waals surface area contributed by atoms with Gasteiger partial charge >= 0.3 is 0 Å². The predicted molar refractivity (Wildman–Crippen MR) is 127 cm³/mol. The molecule has 1 aromatic carbocycles. The van der Waals surface area contributed by atoms with Gasteiger partial charge in [0.1, 0.15) is 16.5 Å². The minimum Gasteiger partial charge on any atom is -0.309 e. The van der Waals surface area contributed by atoms with Crippen LogP contribution in [0.15, 0.2) is 46.2 Å². The molecule has 0 aliphatic carbocycles. The number of thiophene rings is 1. The first kappa shape index (κ1) is 21.3. The molecule has 3 aromatic heterocycles. The average molecular weight is 451 g/mol. The van der Waals surface area contributed by atoms with Gasteiger partial charge in [0.2, 0.25) is 0 Å². The molecule has 1 amide bonds. The Bertz CT molecular complexity index is 1360. The molecule has 0 aliphatic heterocycles. The van der Waals surface area contributed by atoms with Crippen LogP contribution in [0.25, 0.3) is 10.2 Å². The van der Waals surface area contributed by atoms with Gasteiger partial charge in [-0.3, -0.25) is 9.59 Å². The van der Waals surface area contributed by atoms with Crippen LogP contribution in [0.1, 0.15) is 37.7 Å². The van der Waals surface area contributed by atoms with Gasteiger partial charge in [-0.2, -0.15) is 0 Å². The van der Waals surface area contributed by atoms with Crippen LogP contribution in [0.3, 0.4) is 0 Å². The van der Waals surface area contributed by atoms with E-state index in [0.29, 0.717) is 38.1 Å². The molecule has 6 nitrogen and oxygen atoms in total. The van der Waals surface area contributed by atoms with Crippen molar-refractivity contribution in [2.45, 2.75) is 38.3 Å². The lowest BCUT2D eigenvalue weighted by molar-refractivity contribution is 0.102. The number of amides is 1. The number of anilines is 1. The maximum atomic E-state index is 12.8. The Kier molecular flexibility index (Phi) is 5.93. The van der Waals surface area contributed by atoms with Crippen LogP contribution in [0.2, 0.25) is 0 Å². The number of carbonyl (C=O) groups is 1. The maximum Gasteiger partial charge on any atom is 0.267 e. The molecule has 0 radical (unpaired) electrons. The van der Waals surface area contributed by atoms with E-state index in [1.165, 1.54) is 22.5 Å². The molecular weight excluding hydrogens is 428 g/mol. The van der Waals surface area contributed by atoms with Gasteiger partial charge in [0.15, 0.2) is 0 Å². The topological polar surface area (TPSA) is 87.7 Å². The lowest BCUT2D eigenvalue weighted by atomic mass is 10.2. The predicted octanol–water partition coefficient (Wildman–Crippen LogP) is 5.16. The number of H-pyrrole nitrogens is 1. The van der Waals surface area contributed by atoms with Crippen LogP contribution in [-0.2, 0) is 5.75 Å². The molecule has 2 N–H and O–H groups in total. The number of fused-ring (bicyclic) bond motifs is 1. The molecule has 0 aliphatic rings. The SMILES string of the molecule is Cc1ccc(C)c(SCc2nc3sc(C(=O)Nc4ncccc4C)c(C)c3c(=O)[nH]2)c1. The zero-order valence-electron chi connectivity index (χ0n) is 17.7. The van der Waals surface area contributed by atoms with Gasteiger partial charge in [0, 0.05) is 11.1 Å². The van der Waals surface area contributed by atoms with Crippen LogP contribution in [0, 0.1) is 27.7 Å². The minimum absolute atomic E-state index is 0.219. The molecule has 0 fully saturated rings. The van der Waals surface area contributed by atoms with Crippen LogP contribution in [0.4, 0.5) is 5.82 Å². The number of thioether (sulfide) groups is 1. The Labute approximate surface area is 188 Å². The van der Waals surface area contributed by atoms with Crippen molar-refractivity contribution >= 4 is 45.0 Å². The van der Waals surface area contributed by atoms with Gasteiger partial charge < -0.3 is 10.3 Å². The van der Waals surface area contributed by atoms with Gasteiger partial charge in [-0.1, -0.05) is 23.8 Å². The normalized spacial score (nSPS) is 11.1. The Morgan fingerprint density at radius 1 is 1.16 bits per heavy atom. The van der Waals surface area contributed by atoms with Crippen molar-refractivity contribution in [2.75, 3.05) is 5.32 Å². The molecule has 4 aromatic rings. The summed E-state index contributed by atoms with van der Waals surface area (Å²) in [6.07, 6.45) is 1.63. The Morgan fingerprint density at radius 3 is 2.74 bits per heavy atom. The first-order valence-electron chi connectivity index (χ1n) is 9.79. The number of hydrogen-bond acceptors (Lipinski definition) is 6. The number of nitrogens with one attached hydrogen (secondary N) is 2. The summed E-state index contributed by atoms with van der Waals surface area (Å²) in [5.41, 5.74) is 3.67. The minimum atomic E-state index is -0.284. The molecule has 4 rings (SSSR count). The van der Waals surface area contributed by atoms with Crippen LogP contribution in [-0.4, -0.2) is 20.9 Å². The summed E-state index contributed by atoms with van der Waals surface area (Å²) >= 11 is 2.87. The number of pyridine rings is 1. The van der Waals surface area contributed by atoms with E-state index in [1.807, 2.05) is 19.1 Å². The molecule has 31 heavy (non-hydrogen) atoms. The maximum absolute atomic E-state index is 12.8. The smallest absolute Gasteiger partial charge is 0.267 e. The fourth-order valence-electron chi connectivity index (χ4n) is 3.26. The van der Waals surface area contributed by atoms with Gasteiger partial charge in [-0.15, -0.1) is 23.1 Å². The van der Waals surface area contributed by atoms with E-state index in [-0.39, 0.29) is 11.5 Å². The van der Waals surface area contributed by atoms with E-state index in [0.717, 1.165) is 10.5 Å². The van der Waals surface area contributed by atoms with Crippen LogP contribution < -0.4 is 10.9 Å². The average Bonchev–Trinajstić information content (AvgIpc) is 3.07. The number of hydrogen-bond donors (Lipinski definition) is 2. The number of aromatic amines is 1. The van der Waals surface area contributed by atoms with Gasteiger partial charge in [-0.25, -0.2) is 9.97 Å². The standard InChI is InChI=1S/C23H22N4O2S2/c1-12-7-8-13(2)16(10-12)30-11-17-25-21(28)18-15(4)19(31-23(18)26-17)22(29)27-20-14(3)6-5-9-24-20/h5-10H,11H2,1-4H3,(H,24,27,29)(H,25,26,28). The van der Waals surface area contributed by atoms with Crippen LogP contribution >= 0.6 is 23.1 Å². The Morgan fingerprint density at radius 2 is 1.97 bits per heavy atom. The molecule has 0 spiro atoms. The lowest BCUT2D eigenvalue weighted by Gasteiger charge is -2.06. The van der Waals surface area contributed by atoms with Crippen molar-refractivity contribution in [3.05, 3.63) is 79.8 Å². The summed E-state index contributed by atoms with van der Waals surface area (Å²) in [6, 6.07) is 10.0. The quantitative estimate of drug-likeness (QED) is 0.410. The molecule has 0 saturated heterocycles. The number of nitrogens with zero attached hydrogens (tertiary/aromatic N) is 2. The molecule has 158 valence electrons. The lowest BCUT2D eigenvalue weighted by Crippen LogP contribution is -2.14. The highest BCUT2D eigenvalue weighted by atomic mass is 32.2. The van der Waals surface area contributed by atoms with Crippen molar-refractivity contribution < 1.29 is 4.79 Å². The Hall–Kier alpha value is -2.97. The fraction of sp³-hybridized carbons (Fsp3) is 0.217. The highest BCUT2D eigenvalue weighted by Gasteiger charge is 2.20. The van der Waals surface area contributed by atoms with Crippen LogP contribution in [0.5, 0.6) is 0 Å². The fourth-order valence-corrected chi connectivity index (χ4v) is 5.35. The molecular formula is C23H22N4O2S2. The van der Waals surface area contributed by atoms with Crippen molar-refractivity contribution in [3.8, 4) is 0 Å². The van der Waals surface area contributed by atoms with E-state index in [4.69, 9.17) is 0 Å². The highest BCUT2D eigenvalue weighted by molar-refractivity contribution is 7.98. The summed E-state index contributed by atoms with van der Waals surface area (Å²) in [4.78, 5) is 39.5. The number of rotatable bonds is 5. The molecule has 8 heteroatoms. The summed E-state index contributed by atoms with van der Waals surface area (Å²) in [7, 11) is 0. The second kappa shape index (κ2) is 8.64. The zero-order chi connectivity index (χ0) is 22.1. The van der Waals surface area contributed by atoms with Crippen molar-refractivity contribution in [3.63, 3.8) is 0 Å². The molecule has 3 heterocycles. The number of carbonyl (C=O) groups excluding carboxylic acids is 1. The molecule has 0 unspecified atom stereocenters. The van der Waals surface area contributed by atoms with Crippen molar-refractivity contribution in [2.24, 2.45) is 0 Å². The summed E-state index contributed by atoms with van der Waals surface area (Å²) in [6.45, 7) is 7.79. The highest BCUT2D eigenvalue weighted by Crippen LogP contribution is 2.30. The first-order valence-corrected chi connectivity index (χ1v) is 11.6. The van der Waals surface area contributed by atoms with E-state index < -0.39 is 0 Å². The molecule has 0 atom stereocenters. The number of benzene rings is 1. The van der Waals surface area contributed by atoms with Crippen molar-refractivity contribution in [1.82, 2.24) is 15.0 Å². The van der Waals surface area contributed by atoms with Crippen molar-refractivity contribution in [1.29, 1.82) is 0 Å². The zero-order valence-corrected chi connectivity index (χ0v) is 19.3. The van der Waals surface area contributed by atoms with E-state index in [2.05, 4.69) is 52.3 Å². The van der Waals surface area contributed by atoms with E-state index in [9.17, 15) is 9.59 Å². The largest absolute Gasteiger partial charge is 0.309 e. The summed E-state index contributed by atoms with van der Waals surface area (Å²) in [5, 5.41) is 3.30. The third kappa shape index (κ3) is 4.40. The molecule has 0 saturated carbocycles. The first-order chi connectivity index (χ1) is 14.8. The number of aromatic nitrogens is 3. The van der Waals surface area contributed by atoms with E-state index >= 15 is 0 Å². The summed E-state index contributed by atoms with van der Waals surface area (Å²) in [5.74, 6) is 1.36. The second-order valence-electron chi connectivity index (χ2n) is 7.43. The second-order valence-corrected chi connectivity index (χ2v) is 9.45. The van der Waals surface area contributed by atoms with Gasteiger partial charge in [0.25, 0.3) is 11.5 Å². The monoisotopic (exact) mass is 450 g/mol. The number of aryl methyl sites for hydroxylation is 4. The summed E-state index contributed by atoms with van der Waals surface area (Å²) < 4.78 is 0. The van der Waals surface area contributed by atoms with E-state index in [1.54, 1.807) is 24.9 Å². The van der Waals surface area contributed by atoms with Gasteiger partial charge in [0.05, 0.1) is 16.0 Å². The van der Waals surface area contributed by atoms with Gasteiger partial charge in [-0.05, 0) is 56.5 Å². The third-order valence-electron chi connectivity index (χ3n) is 5.01. The Balaban J connectivity index is 1.62. The molecule has 0 bridgehead atoms. The third-order valence-corrected chi connectivity index (χ3v) is 7.36.